The van der Waals surface area contributed by atoms with Crippen molar-refractivity contribution in [3.63, 3.8) is 0 Å². The number of aromatic nitrogens is 1. The molecule has 0 aliphatic carbocycles. The van der Waals surface area contributed by atoms with Gasteiger partial charge in [0.05, 0.1) is 29.5 Å². The van der Waals surface area contributed by atoms with Crippen molar-refractivity contribution in [2.45, 2.75) is 25.6 Å². The van der Waals surface area contributed by atoms with Gasteiger partial charge in [0.15, 0.2) is 9.84 Å². The maximum Gasteiger partial charge on any atom is 0.155 e. The Morgan fingerprint density at radius 1 is 1.29 bits per heavy atom. The number of sulfone groups is 1. The van der Waals surface area contributed by atoms with Crippen LogP contribution in [0.3, 0.4) is 0 Å². The maximum atomic E-state index is 11.6. The van der Waals surface area contributed by atoms with Gasteiger partial charge in [-0.3, -0.25) is 4.98 Å². The highest BCUT2D eigenvalue weighted by molar-refractivity contribution is 7.91. The van der Waals surface area contributed by atoms with E-state index in [9.17, 15) is 8.42 Å². The molecule has 0 aliphatic heterocycles. The molecule has 1 aromatic rings. The van der Waals surface area contributed by atoms with Gasteiger partial charge in [-0.2, -0.15) is 0 Å². The van der Waals surface area contributed by atoms with Crippen molar-refractivity contribution in [1.29, 1.82) is 0 Å². The van der Waals surface area contributed by atoms with Crippen molar-refractivity contribution in [1.82, 2.24) is 10.3 Å². The summed E-state index contributed by atoms with van der Waals surface area (Å²) >= 11 is 0. The maximum absolute atomic E-state index is 11.6. The van der Waals surface area contributed by atoms with Gasteiger partial charge in [-0.15, -0.1) is 0 Å². The van der Waals surface area contributed by atoms with Crippen LogP contribution in [-0.2, 0) is 21.1 Å². The number of rotatable bonds is 10. The minimum Gasteiger partial charge on any atom is -0.491 e. The molecule has 0 atom stereocenters. The number of hydrogen-bond donors (Lipinski definition) is 1. The van der Waals surface area contributed by atoms with Crippen LogP contribution in [0.25, 0.3) is 0 Å². The standard InChI is InChI=1S/C14H24N2O4S/c1-12(2)21(17,18)9-8-20-14-5-4-13(16-11-14)10-15-6-7-19-3/h4-5,11-12,15H,6-10H2,1-3H3. The lowest BCUT2D eigenvalue weighted by Crippen LogP contribution is -2.22. The molecule has 0 saturated carbocycles. The van der Waals surface area contributed by atoms with E-state index in [0.29, 0.717) is 18.9 Å². The number of nitrogens with one attached hydrogen (secondary N) is 1. The van der Waals surface area contributed by atoms with Gasteiger partial charge in [0.1, 0.15) is 12.4 Å². The van der Waals surface area contributed by atoms with Crippen molar-refractivity contribution in [2.24, 2.45) is 0 Å². The van der Waals surface area contributed by atoms with Gasteiger partial charge in [0.25, 0.3) is 0 Å². The van der Waals surface area contributed by atoms with Crippen molar-refractivity contribution in [3.8, 4) is 5.75 Å². The van der Waals surface area contributed by atoms with Crippen LogP contribution >= 0.6 is 0 Å². The van der Waals surface area contributed by atoms with Gasteiger partial charge in [0, 0.05) is 20.2 Å². The predicted octanol–water partition coefficient (Wildman–Crippen LogP) is 1.02. The van der Waals surface area contributed by atoms with E-state index < -0.39 is 9.84 Å². The van der Waals surface area contributed by atoms with Crippen molar-refractivity contribution in [2.75, 3.05) is 32.6 Å². The first kappa shape index (κ1) is 17.9. The van der Waals surface area contributed by atoms with E-state index in [4.69, 9.17) is 9.47 Å². The van der Waals surface area contributed by atoms with Gasteiger partial charge < -0.3 is 14.8 Å². The average Bonchev–Trinajstić information content (AvgIpc) is 2.45. The first-order valence-electron chi connectivity index (χ1n) is 6.94. The lowest BCUT2D eigenvalue weighted by Gasteiger charge is -2.09. The fraction of sp³-hybridized carbons (Fsp3) is 0.643. The van der Waals surface area contributed by atoms with Gasteiger partial charge in [-0.25, -0.2) is 8.42 Å². The Labute approximate surface area is 126 Å². The second kappa shape index (κ2) is 8.96. The SMILES string of the molecule is COCCNCc1ccc(OCCS(=O)(=O)C(C)C)cn1. The lowest BCUT2D eigenvalue weighted by atomic mass is 10.3. The van der Waals surface area contributed by atoms with E-state index in [1.807, 2.05) is 6.07 Å². The first-order chi connectivity index (χ1) is 9.95. The highest BCUT2D eigenvalue weighted by Gasteiger charge is 2.15. The molecule has 6 nitrogen and oxygen atoms in total. The number of hydrogen-bond acceptors (Lipinski definition) is 6. The largest absolute Gasteiger partial charge is 0.491 e. The molecule has 0 amide bonds. The third-order valence-corrected chi connectivity index (χ3v) is 5.11. The van der Waals surface area contributed by atoms with E-state index in [1.54, 1.807) is 33.2 Å². The summed E-state index contributed by atoms with van der Waals surface area (Å²) in [5.41, 5.74) is 0.897. The Bertz CT molecular complexity index is 500. The molecule has 7 heteroatoms. The summed E-state index contributed by atoms with van der Waals surface area (Å²) in [6.45, 7) is 5.57. The summed E-state index contributed by atoms with van der Waals surface area (Å²) in [7, 11) is -1.40. The molecule has 1 N–H and O–H groups in total. The molecular formula is C14H24N2O4S. The fourth-order valence-electron chi connectivity index (χ4n) is 1.50. The molecule has 21 heavy (non-hydrogen) atoms. The molecule has 0 radical (unpaired) electrons. The first-order valence-corrected chi connectivity index (χ1v) is 8.66. The van der Waals surface area contributed by atoms with E-state index >= 15 is 0 Å². The van der Waals surface area contributed by atoms with Gasteiger partial charge >= 0.3 is 0 Å². The molecule has 0 aliphatic rings. The highest BCUT2D eigenvalue weighted by Crippen LogP contribution is 2.10. The molecule has 0 saturated heterocycles. The van der Waals surface area contributed by atoms with Crippen LogP contribution in [-0.4, -0.2) is 51.3 Å². The topological polar surface area (TPSA) is 77.5 Å². The van der Waals surface area contributed by atoms with Crippen LogP contribution < -0.4 is 10.1 Å². The predicted molar refractivity (Wildman–Crippen MR) is 82.2 cm³/mol. The average molecular weight is 316 g/mol. The van der Waals surface area contributed by atoms with Gasteiger partial charge in [-0.1, -0.05) is 0 Å². The number of pyridine rings is 1. The summed E-state index contributed by atoms with van der Waals surface area (Å²) in [4.78, 5) is 4.25. The van der Waals surface area contributed by atoms with Crippen LogP contribution in [0.4, 0.5) is 0 Å². The fourth-order valence-corrected chi connectivity index (χ4v) is 2.29. The number of methoxy groups -OCH3 is 1. The summed E-state index contributed by atoms with van der Waals surface area (Å²) < 4.78 is 33.6. The summed E-state index contributed by atoms with van der Waals surface area (Å²) in [6.07, 6.45) is 1.61. The zero-order chi connectivity index (χ0) is 15.7. The summed E-state index contributed by atoms with van der Waals surface area (Å²) in [6, 6.07) is 3.65. The molecule has 0 fully saturated rings. The highest BCUT2D eigenvalue weighted by atomic mass is 32.2. The molecular weight excluding hydrogens is 292 g/mol. The third kappa shape index (κ3) is 6.88. The minimum atomic E-state index is -3.06. The molecule has 1 heterocycles. The summed E-state index contributed by atoms with van der Waals surface area (Å²) in [5, 5.41) is 2.81. The molecule has 1 aromatic heterocycles. The Morgan fingerprint density at radius 3 is 2.62 bits per heavy atom. The van der Waals surface area contributed by atoms with Crippen LogP contribution in [0.1, 0.15) is 19.5 Å². The van der Waals surface area contributed by atoms with Crippen molar-refractivity contribution >= 4 is 9.84 Å². The van der Waals surface area contributed by atoms with E-state index in [1.165, 1.54) is 0 Å². The zero-order valence-corrected chi connectivity index (χ0v) is 13.6. The van der Waals surface area contributed by atoms with E-state index in [0.717, 1.165) is 12.2 Å². The minimum absolute atomic E-state index is 0.0188. The molecule has 120 valence electrons. The molecule has 1 rings (SSSR count). The molecule has 0 bridgehead atoms. The third-order valence-electron chi connectivity index (χ3n) is 2.94. The second-order valence-corrected chi connectivity index (χ2v) is 7.60. The van der Waals surface area contributed by atoms with Crippen molar-refractivity contribution in [3.05, 3.63) is 24.0 Å². The monoisotopic (exact) mass is 316 g/mol. The second-order valence-electron chi connectivity index (χ2n) is 4.92. The van der Waals surface area contributed by atoms with E-state index in [2.05, 4.69) is 10.3 Å². The van der Waals surface area contributed by atoms with Crippen molar-refractivity contribution < 1.29 is 17.9 Å². The van der Waals surface area contributed by atoms with Crippen LogP contribution in [0.2, 0.25) is 0 Å². The Morgan fingerprint density at radius 2 is 2.05 bits per heavy atom. The van der Waals surface area contributed by atoms with Gasteiger partial charge in [0.2, 0.25) is 0 Å². The summed E-state index contributed by atoms with van der Waals surface area (Å²) in [5.74, 6) is 0.597. The van der Waals surface area contributed by atoms with E-state index in [-0.39, 0.29) is 17.6 Å². The quantitative estimate of drug-likeness (QED) is 0.649. The Hall–Kier alpha value is -1.18. The van der Waals surface area contributed by atoms with Crippen LogP contribution in [0.5, 0.6) is 5.75 Å². The normalized spacial score (nSPS) is 11.8. The van der Waals surface area contributed by atoms with Crippen LogP contribution in [0.15, 0.2) is 18.3 Å². The molecule has 0 spiro atoms. The van der Waals surface area contributed by atoms with Gasteiger partial charge in [-0.05, 0) is 26.0 Å². The smallest absolute Gasteiger partial charge is 0.155 e. The molecule has 0 aromatic carbocycles. The molecule has 0 unspecified atom stereocenters. The number of ether oxygens (including phenoxy) is 2. The Balaban J connectivity index is 2.34. The Kier molecular flexibility index (Phi) is 7.63. The number of nitrogens with zero attached hydrogens (tertiary/aromatic N) is 1. The van der Waals surface area contributed by atoms with Crippen LogP contribution in [0, 0.1) is 0 Å². The zero-order valence-electron chi connectivity index (χ0n) is 12.8. The lowest BCUT2D eigenvalue weighted by molar-refractivity contribution is 0.199.